The molecule has 9 heteroatoms. The summed E-state index contributed by atoms with van der Waals surface area (Å²) in [4.78, 5) is 34.9. The largest absolute Gasteiger partial charge is 0.462 e. The highest BCUT2D eigenvalue weighted by molar-refractivity contribution is 6.17. The van der Waals surface area contributed by atoms with Crippen LogP contribution in [0, 0.1) is 0 Å². The van der Waals surface area contributed by atoms with E-state index in [4.69, 9.17) is 9.47 Å². The molecule has 3 heterocycles. The number of aromatic nitrogens is 2. The van der Waals surface area contributed by atoms with E-state index in [-0.39, 0.29) is 24.3 Å². The molecule has 2 aliphatic heterocycles. The maximum absolute atomic E-state index is 12.5. The van der Waals surface area contributed by atoms with Crippen LogP contribution in [0.1, 0.15) is 30.7 Å². The van der Waals surface area contributed by atoms with Crippen LogP contribution < -0.4 is 10.6 Å². The maximum Gasteiger partial charge on any atom is 0.343 e. The predicted octanol–water partition coefficient (Wildman–Crippen LogP) is 1.51. The van der Waals surface area contributed by atoms with Crippen molar-refractivity contribution < 1.29 is 19.1 Å². The summed E-state index contributed by atoms with van der Waals surface area (Å²) < 4.78 is 10.6. The number of esters is 1. The number of fused-ring (bicyclic) bond motifs is 1. The van der Waals surface area contributed by atoms with E-state index in [9.17, 15) is 9.59 Å². The number of morpholine rings is 1. The number of hydrogen-bond donors (Lipinski definition) is 3. The number of amides is 2. The van der Waals surface area contributed by atoms with Gasteiger partial charge in [0.25, 0.3) is 0 Å². The van der Waals surface area contributed by atoms with Crippen molar-refractivity contribution in [1.29, 1.82) is 0 Å². The van der Waals surface area contributed by atoms with Crippen molar-refractivity contribution in [3.05, 3.63) is 35.3 Å². The fourth-order valence-electron chi connectivity index (χ4n) is 3.81. The second kappa shape index (κ2) is 8.08. The van der Waals surface area contributed by atoms with Crippen molar-refractivity contribution in [1.82, 2.24) is 25.5 Å². The minimum absolute atomic E-state index is 0.237. The molecule has 1 saturated carbocycles. The lowest BCUT2D eigenvalue weighted by molar-refractivity contribution is -0.137. The number of nitrogens with zero attached hydrogens (tertiary/aromatic N) is 2. The molecule has 1 saturated heterocycles. The molecule has 0 atom stereocenters. The van der Waals surface area contributed by atoms with Crippen LogP contribution in [-0.2, 0) is 20.8 Å². The first kappa shape index (κ1) is 19.1. The molecule has 0 radical (unpaired) electrons. The van der Waals surface area contributed by atoms with Gasteiger partial charge in [0.2, 0.25) is 0 Å². The maximum atomic E-state index is 12.5. The zero-order valence-corrected chi connectivity index (χ0v) is 16.7. The van der Waals surface area contributed by atoms with Crippen LogP contribution in [0.4, 0.5) is 4.79 Å². The molecule has 2 aromatic rings. The molecule has 0 bridgehead atoms. The number of rotatable bonds is 5. The first-order valence-corrected chi connectivity index (χ1v) is 10.4. The number of imidazole rings is 1. The zero-order valence-electron chi connectivity index (χ0n) is 16.7. The van der Waals surface area contributed by atoms with Crippen molar-refractivity contribution in [2.75, 3.05) is 32.9 Å². The number of ether oxygens (including phenoxy) is 2. The number of benzene rings is 1. The van der Waals surface area contributed by atoms with Crippen LogP contribution in [0.25, 0.3) is 16.6 Å². The molecule has 30 heavy (non-hydrogen) atoms. The van der Waals surface area contributed by atoms with Crippen molar-refractivity contribution in [3.8, 4) is 0 Å². The lowest BCUT2D eigenvalue weighted by Crippen LogP contribution is -2.38. The Kier molecular flexibility index (Phi) is 5.14. The average molecular weight is 411 g/mol. The fraction of sp³-hybridized carbons (Fsp3) is 0.476. The van der Waals surface area contributed by atoms with Gasteiger partial charge < -0.3 is 25.1 Å². The lowest BCUT2D eigenvalue weighted by Gasteiger charge is -2.26. The van der Waals surface area contributed by atoms with Crippen molar-refractivity contribution in [2.24, 2.45) is 0 Å². The number of cyclic esters (lactones) is 1. The van der Waals surface area contributed by atoms with Crippen LogP contribution in [0.5, 0.6) is 0 Å². The summed E-state index contributed by atoms with van der Waals surface area (Å²) in [6.45, 7) is 4.44. The highest BCUT2D eigenvalue weighted by atomic mass is 16.5. The molecule has 158 valence electrons. The summed E-state index contributed by atoms with van der Waals surface area (Å²) in [5.41, 5.74) is 3.61. The van der Waals surface area contributed by atoms with Gasteiger partial charge in [-0.2, -0.15) is 0 Å². The summed E-state index contributed by atoms with van der Waals surface area (Å²) >= 11 is 0. The first-order valence-electron chi connectivity index (χ1n) is 10.4. The molecule has 0 unspecified atom stereocenters. The highest BCUT2D eigenvalue weighted by Gasteiger charge is 2.29. The number of urea groups is 1. The number of aromatic amines is 1. The summed E-state index contributed by atoms with van der Waals surface area (Å²) in [6.07, 6.45) is 2.44. The van der Waals surface area contributed by atoms with E-state index in [1.165, 1.54) is 5.56 Å². The van der Waals surface area contributed by atoms with Crippen molar-refractivity contribution >= 4 is 28.6 Å². The van der Waals surface area contributed by atoms with E-state index >= 15 is 0 Å². The zero-order chi connectivity index (χ0) is 20.5. The van der Waals surface area contributed by atoms with Crippen LogP contribution in [0.15, 0.2) is 23.9 Å². The minimum atomic E-state index is -0.476. The van der Waals surface area contributed by atoms with Gasteiger partial charge in [-0.1, -0.05) is 6.07 Å². The first-order chi connectivity index (χ1) is 14.7. The lowest BCUT2D eigenvalue weighted by atomic mass is 10.1. The summed E-state index contributed by atoms with van der Waals surface area (Å²) in [6, 6.07) is 6.01. The Morgan fingerprint density at radius 2 is 2.07 bits per heavy atom. The minimum Gasteiger partial charge on any atom is -0.462 e. The van der Waals surface area contributed by atoms with Crippen LogP contribution in [0.2, 0.25) is 0 Å². The Labute approximate surface area is 173 Å². The van der Waals surface area contributed by atoms with Gasteiger partial charge in [-0.05, 0) is 30.5 Å². The Hall–Kier alpha value is -2.91. The fourth-order valence-corrected chi connectivity index (χ4v) is 3.81. The van der Waals surface area contributed by atoms with E-state index in [1.54, 1.807) is 0 Å². The molecule has 3 N–H and O–H groups in total. The summed E-state index contributed by atoms with van der Waals surface area (Å²) in [5.74, 6) is -0.0597. The van der Waals surface area contributed by atoms with E-state index in [2.05, 4.69) is 37.6 Å². The van der Waals surface area contributed by atoms with Gasteiger partial charge >= 0.3 is 12.0 Å². The normalized spacial score (nSPS) is 20.3. The third kappa shape index (κ3) is 4.17. The van der Waals surface area contributed by atoms with E-state index in [0.717, 1.165) is 56.7 Å². The summed E-state index contributed by atoms with van der Waals surface area (Å²) in [7, 11) is 0. The van der Waals surface area contributed by atoms with Gasteiger partial charge in [0, 0.05) is 37.8 Å². The number of H-pyrrole nitrogens is 1. The van der Waals surface area contributed by atoms with Gasteiger partial charge in [-0.3, -0.25) is 4.90 Å². The second-order valence-corrected chi connectivity index (χ2v) is 7.94. The van der Waals surface area contributed by atoms with E-state index in [0.29, 0.717) is 17.9 Å². The molecule has 1 aromatic heterocycles. The second-order valence-electron chi connectivity index (χ2n) is 7.94. The Morgan fingerprint density at radius 3 is 2.87 bits per heavy atom. The van der Waals surface area contributed by atoms with Crippen LogP contribution in [0.3, 0.4) is 0 Å². The van der Waals surface area contributed by atoms with Gasteiger partial charge in [0.1, 0.15) is 11.4 Å². The standard InChI is InChI=1S/C21H25N5O4/c27-20-18(16(5-8-30-20)25-21(28)22-14-2-3-14)19-23-15-4-1-13(11-17(15)24-19)12-26-6-9-29-10-7-26/h1,4,11,14H,2-3,5-10,12H2,(H,23,24)(H2,22,25,28). The molecule has 3 aliphatic rings. The number of carbonyl (C=O) groups is 2. The molecule has 1 aliphatic carbocycles. The van der Waals surface area contributed by atoms with Crippen molar-refractivity contribution in [2.45, 2.75) is 31.8 Å². The van der Waals surface area contributed by atoms with Crippen molar-refractivity contribution in [3.63, 3.8) is 0 Å². The van der Waals surface area contributed by atoms with Crippen LogP contribution >= 0.6 is 0 Å². The molecule has 9 nitrogen and oxygen atoms in total. The molecule has 2 amide bonds. The number of hydrogen-bond acceptors (Lipinski definition) is 6. The molecule has 1 aromatic carbocycles. The quantitative estimate of drug-likeness (QED) is 0.644. The van der Waals surface area contributed by atoms with Gasteiger partial charge in [0.05, 0.1) is 30.9 Å². The third-order valence-corrected chi connectivity index (χ3v) is 5.56. The Morgan fingerprint density at radius 1 is 1.23 bits per heavy atom. The SMILES string of the molecule is O=C(NC1=C(c2nc3ccc(CN4CCOCC4)cc3[nH]2)C(=O)OCC1)NC1CC1. The molecule has 2 fully saturated rings. The molecular weight excluding hydrogens is 386 g/mol. The van der Waals surface area contributed by atoms with E-state index in [1.807, 2.05) is 6.07 Å². The van der Waals surface area contributed by atoms with Gasteiger partial charge in [0.15, 0.2) is 0 Å². The smallest absolute Gasteiger partial charge is 0.343 e. The van der Waals surface area contributed by atoms with E-state index < -0.39 is 5.97 Å². The number of nitrogens with one attached hydrogen (secondary N) is 3. The predicted molar refractivity (Wildman–Crippen MR) is 109 cm³/mol. The van der Waals surface area contributed by atoms with Gasteiger partial charge in [-0.25, -0.2) is 14.6 Å². The summed E-state index contributed by atoms with van der Waals surface area (Å²) in [5, 5.41) is 5.71. The molecular formula is C21H25N5O4. The van der Waals surface area contributed by atoms with Crippen LogP contribution in [-0.4, -0.2) is 65.8 Å². The molecule has 5 rings (SSSR count). The monoisotopic (exact) mass is 411 g/mol. The Balaban J connectivity index is 1.40. The Bertz CT molecular complexity index is 1000. The topological polar surface area (TPSA) is 109 Å². The van der Waals surface area contributed by atoms with Gasteiger partial charge in [-0.15, -0.1) is 0 Å². The highest BCUT2D eigenvalue weighted by Crippen LogP contribution is 2.26. The number of carbonyl (C=O) groups excluding carboxylic acids is 2. The third-order valence-electron chi connectivity index (χ3n) is 5.56. The molecule has 0 spiro atoms. The average Bonchev–Trinajstić information content (AvgIpc) is 3.44.